The number of hydrogen-bond donors (Lipinski definition) is 0. The van der Waals surface area contributed by atoms with Crippen LogP contribution < -0.4 is 4.74 Å². The first-order valence-electron chi connectivity index (χ1n) is 6.76. The molecule has 23 heavy (non-hydrogen) atoms. The average molecular weight is 331 g/mol. The van der Waals surface area contributed by atoms with Crippen molar-refractivity contribution in [2.45, 2.75) is 6.61 Å². The summed E-state index contributed by atoms with van der Waals surface area (Å²) in [6.07, 6.45) is 3.34. The van der Waals surface area contributed by atoms with Crippen molar-refractivity contribution >= 4 is 28.7 Å². The molecule has 0 fully saturated rings. The molecular weight excluding hydrogens is 320 g/mol. The van der Waals surface area contributed by atoms with E-state index in [9.17, 15) is 14.4 Å². The number of benzene rings is 1. The third-order valence-electron chi connectivity index (χ3n) is 3.35. The molecule has 0 unspecified atom stereocenters. The van der Waals surface area contributed by atoms with E-state index in [1.54, 1.807) is 24.5 Å². The van der Waals surface area contributed by atoms with Crippen molar-refractivity contribution in [1.82, 2.24) is 9.88 Å². The minimum absolute atomic E-state index is 0.205. The Morgan fingerprint density at radius 3 is 2.65 bits per heavy atom. The van der Waals surface area contributed by atoms with Crippen LogP contribution in [0.3, 0.4) is 0 Å². The van der Waals surface area contributed by atoms with Crippen molar-refractivity contribution in [3.05, 3.63) is 59.4 Å². The first kappa shape index (κ1) is 15.2. The molecule has 0 N–H and O–H groups in total. The summed E-state index contributed by atoms with van der Waals surface area (Å²) in [6.45, 7) is -0.154. The Morgan fingerprint density at radius 1 is 1.17 bits per heavy atom. The Bertz CT molecular complexity index is 792. The van der Waals surface area contributed by atoms with E-state index in [2.05, 4.69) is 4.98 Å². The highest BCUT2D eigenvalue weighted by atomic mass is 35.5. The van der Waals surface area contributed by atoms with Crippen molar-refractivity contribution in [2.75, 3.05) is 6.54 Å². The zero-order valence-corrected chi connectivity index (χ0v) is 12.6. The molecule has 1 aliphatic rings. The van der Waals surface area contributed by atoms with Crippen LogP contribution in [0.25, 0.3) is 0 Å². The molecule has 0 saturated carbocycles. The highest BCUT2D eigenvalue weighted by Gasteiger charge is 2.36. The third-order valence-corrected chi connectivity index (χ3v) is 3.47. The number of aromatic nitrogens is 1. The zero-order valence-electron chi connectivity index (χ0n) is 11.9. The standard InChI is InChI=1S/C16H11ClN2O4/c17-14(20)8-19-15(21)12-4-3-11(6-13(12)16(19)22)23-9-10-2-1-5-18-7-10/h1-7H,8-9H2. The summed E-state index contributed by atoms with van der Waals surface area (Å²) < 4.78 is 5.60. The third kappa shape index (κ3) is 3.07. The second kappa shape index (κ2) is 6.18. The Balaban J connectivity index is 1.79. The molecule has 1 aromatic heterocycles. The smallest absolute Gasteiger partial charge is 0.262 e. The quantitative estimate of drug-likeness (QED) is 0.619. The van der Waals surface area contributed by atoms with Gasteiger partial charge >= 0.3 is 0 Å². The largest absolute Gasteiger partial charge is 0.489 e. The van der Waals surface area contributed by atoms with Gasteiger partial charge in [-0.15, -0.1) is 0 Å². The first-order valence-corrected chi connectivity index (χ1v) is 7.14. The van der Waals surface area contributed by atoms with Gasteiger partial charge in [0, 0.05) is 18.0 Å². The van der Waals surface area contributed by atoms with Crippen LogP contribution in [0.2, 0.25) is 0 Å². The number of hydrogen-bond acceptors (Lipinski definition) is 5. The summed E-state index contributed by atoms with van der Waals surface area (Å²) in [5.41, 5.74) is 1.32. The molecule has 6 nitrogen and oxygen atoms in total. The number of ether oxygens (including phenoxy) is 1. The number of fused-ring (bicyclic) bond motifs is 1. The number of carbonyl (C=O) groups is 3. The van der Waals surface area contributed by atoms with E-state index in [0.29, 0.717) is 12.4 Å². The number of rotatable bonds is 5. The molecule has 0 aliphatic carbocycles. The lowest BCUT2D eigenvalue weighted by molar-refractivity contribution is -0.112. The summed E-state index contributed by atoms with van der Waals surface area (Å²) in [5, 5.41) is -0.771. The summed E-state index contributed by atoms with van der Waals surface area (Å²) in [5.74, 6) is -0.628. The Morgan fingerprint density at radius 2 is 1.96 bits per heavy atom. The van der Waals surface area contributed by atoms with E-state index in [0.717, 1.165) is 10.5 Å². The second-order valence-electron chi connectivity index (χ2n) is 4.91. The van der Waals surface area contributed by atoms with Crippen LogP contribution >= 0.6 is 11.6 Å². The molecule has 7 heteroatoms. The first-order chi connectivity index (χ1) is 11.1. The van der Waals surface area contributed by atoms with Crippen LogP contribution in [0, 0.1) is 0 Å². The molecule has 0 saturated heterocycles. The van der Waals surface area contributed by atoms with Crippen LogP contribution in [0.1, 0.15) is 26.3 Å². The van der Waals surface area contributed by atoms with Gasteiger partial charge in [-0.05, 0) is 35.9 Å². The van der Waals surface area contributed by atoms with E-state index in [4.69, 9.17) is 16.3 Å². The lowest BCUT2D eigenvalue weighted by Gasteiger charge is -2.09. The fourth-order valence-electron chi connectivity index (χ4n) is 2.28. The highest BCUT2D eigenvalue weighted by molar-refractivity contribution is 6.64. The average Bonchev–Trinajstić information content (AvgIpc) is 2.78. The zero-order chi connectivity index (χ0) is 16.4. The summed E-state index contributed by atoms with van der Waals surface area (Å²) in [7, 11) is 0. The van der Waals surface area contributed by atoms with Gasteiger partial charge in [-0.1, -0.05) is 6.07 Å². The van der Waals surface area contributed by atoms with Gasteiger partial charge in [0.25, 0.3) is 11.8 Å². The topological polar surface area (TPSA) is 76.6 Å². The van der Waals surface area contributed by atoms with Crippen molar-refractivity contribution in [3.8, 4) is 5.75 Å². The molecule has 2 aromatic rings. The van der Waals surface area contributed by atoms with Crippen molar-refractivity contribution in [1.29, 1.82) is 0 Å². The number of amides is 2. The van der Waals surface area contributed by atoms with Crippen LogP contribution in [-0.2, 0) is 11.4 Å². The molecule has 0 radical (unpaired) electrons. The lowest BCUT2D eigenvalue weighted by atomic mass is 10.1. The Labute approximate surface area is 136 Å². The van der Waals surface area contributed by atoms with Crippen molar-refractivity contribution in [3.63, 3.8) is 0 Å². The van der Waals surface area contributed by atoms with Gasteiger partial charge < -0.3 is 4.74 Å². The minimum atomic E-state index is -0.771. The maximum absolute atomic E-state index is 12.2. The van der Waals surface area contributed by atoms with Gasteiger partial charge in [-0.2, -0.15) is 0 Å². The van der Waals surface area contributed by atoms with Gasteiger partial charge in [-0.3, -0.25) is 24.3 Å². The fourth-order valence-corrected chi connectivity index (χ4v) is 2.40. The molecule has 0 atom stereocenters. The van der Waals surface area contributed by atoms with Gasteiger partial charge in [0.2, 0.25) is 5.24 Å². The molecule has 2 heterocycles. The van der Waals surface area contributed by atoms with Crippen molar-refractivity contribution in [2.24, 2.45) is 0 Å². The molecule has 1 aromatic carbocycles. The predicted octanol–water partition coefficient (Wildman–Crippen LogP) is 2.02. The van der Waals surface area contributed by atoms with E-state index in [-0.39, 0.29) is 11.1 Å². The molecule has 1 aliphatic heterocycles. The van der Waals surface area contributed by atoms with Crippen LogP contribution in [0.5, 0.6) is 5.75 Å². The van der Waals surface area contributed by atoms with Crippen LogP contribution in [0.4, 0.5) is 0 Å². The monoisotopic (exact) mass is 330 g/mol. The van der Waals surface area contributed by atoms with E-state index in [1.807, 2.05) is 6.07 Å². The maximum atomic E-state index is 12.2. The maximum Gasteiger partial charge on any atom is 0.262 e. The molecule has 0 bridgehead atoms. The highest BCUT2D eigenvalue weighted by Crippen LogP contribution is 2.27. The number of carbonyl (C=O) groups excluding carboxylic acids is 3. The summed E-state index contributed by atoms with van der Waals surface area (Å²) in [4.78, 5) is 40.0. The summed E-state index contributed by atoms with van der Waals surface area (Å²) in [6, 6.07) is 8.26. The Hall–Kier alpha value is -2.73. The van der Waals surface area contributed by atoms with E-state index >= 15 is 0 Å². The van der Waals surface area contributed by atoms with Gasteiger partial charge in [0.05, 0.1) is 11.1 Å². The lowest BCUT2D eigenvalue weighted by Crippen LogP contribution is -2.33. The van der Waals surface area contributed by atoms with E-state index in [1.165, 1.54) is 12.1 Å². The molecule has 116 valence electrons. The SMILES string of the molecule is O=C(Cl)CN1C(=O)c2ccc(OCc3cccnc3)cc2C1=O. The number of nitrogens with zero attached hydrogens (tertiary/aromatic N) is 2. The van der Waals surface area contributed by atoms with Crippen molar-refractivity contribution < 1.29 is 19.1 Å². The number of halogens is 1. The molecule has 2 amide bonds. The molecule has 3 rings (SSSR count). The molecule has 0 spiro atoms. The second-order valence-corrected chi connectivity index (χ2v) is 5.33. The number of pyridine rings is 1. The van der Waals surface area contributed by atoms with E-state index < -0.39 is 23.6 Å². The van der Waals surface area contributed by atoms with Crippen LogP contribution in [-0.4, -0.2) is 33.5 Å². The van der Waals surface area contributed by atoms with Gasteiger partial charge in [-0.25, -0.2) is 0 Å². The fraction of sp³-hybridized carbons (Fsp3) is 0.125. The van der Waals surface area contributed by atoms with Gasteiger partial charge in [0.1, 0.15) is 18.9 Å². The van der Waals surface area contributed by atoms with Crippen LogP contribution in [0.15, 0.2) is 42.7 Å². The minimum Gasteiger partial charge on any atom is -0.489 e. The predicted molar refractivity (Wildman–Crippen MR) is 81.2 cm³/mol. The number of imide groups is 1. The Kier molecular flexibility index (Phi) is 4.08. The van der Waals surface area contributed by atoms with Gasteiger partial charge in [0.15, 0.2) is 0 Å². The molecular formula is C16H11ClN2O4. The normalized spacial score (nSPS) is 13.2. The summed E-state index contributed by atoms with van der Waals surface area (Å²) >= 11 is 5.26.